The van der Waals surface area contributed by atoms with Gasteiger partial charge >= 0.3 is 6.80 Å². The number of aromatic amines is 1. The van der Waals surface area contributed by atoms with Crippen LogP contribution < -0.4 is 17.0 Å². The Morgan fingerprint density at radius 3 is 2.84 bits per heavy atom. The molecule has 4 aromatic rings. The third kappa shape index (κ3) is 6.03. The molecule has 0 aromatic carbocycles. The number of aliphatic hydroxyl groups is 2. The van der Waals surface area contributed by atoms with Gasteiger partial charge in [0.1, 0.15) is 30.0 Å². The SMILES string of the molecule is Nc1nc2c(nnn2[C@@H]2S[C@H](CO[PH](=O)S)[C@@H](O)[C@H]2OP(=O)(S)O[C@H]2O[C@@H](c3cnc4c(N)ncnn34)C[C@@H]2O)c(=O)[nH]1. The molecule has 2 saturated heterocycles. The number of aliphatic hydroxyl groups excluding tert-OH is 2. The van der Waals surface area contributed by atoms with Crippen molar-refractivity contribution in [3.63, 3.8) is 0 Å². The smallest absolute Gasteiger partial charge is 0.388 e. The van der Waals surface area contributed by atoms with E-state index in [0.29, 0.717) is 5.69 Å². The minimum absolute atomic E-state index is 0.00954. The first-order valence-corrected chi connectivity index (χ1v) is 18.4. The van der Waals surface area contributed by atoms with Crippen LogP contribution in [0.5, 0.6) is 0 Å². The van der Waals surface area contributed by atoms with E-state index in [4.69, 9.17) is 29.8 Å². The Hall–Kier alpha value is -2.30. The summed E-state index contributed by atoms with van der Waals surface area (Å²) in [5.41, 5.74) is 11.4. The summed E-state index contributed by atoms with van der Waals surface area (Å²) >= 11 is 8.85. The minimum Gasteiger partial charge on any atom is -0.389 e. The first kappa shape index (κ1) is 30.7. The van der Waals surface area contributed by atoms with E-state index >= 15 is 0 Å². The molecule has 2 aliphatic rings. The van der Waals surface area contributed by atoms with Crippen molar-refractivity contribution in [2.75, 3.05) is 18.1 Å². The van der Waals surface area contributed by atoms with Crippen LogP contribution in [-0.2, 0) is 27.4 Å². The van der Waals surface area contributed by atoms with Crippen LogP contribution in [0.2, 0.25) is 0 Å². The number of anilines is 2. The molecule has 20 nitrogen and oxygen atoms in total. The molecule has 2 fully saturated rings. The number of nitrogen functional groups attached to an aromatic ring is 2. The molecule has 43 heavy (non-hydrogen) atoms. The van der Waals surface area contributed by atoms with Crippen molar-refractivity contribution in [3.05, 3.63) is 28.6 Å². The number of fused-ring (bicyclic) bond motifs is 2. The number of thiol groups is 2. The highest BCUT2D eigenvalue weighted by Gasteiger charge is 2.51. The predicted octanol–water partition coefficient (Wildman–Crippen LogP) is -0.284. The summed E-state index contributed by atoms with van der Waals surface area (Å²) in [7, 11) is -2.66. The lowest BCUT2D eigenvalue weighted by Crippen LogP contribution is -2.35. The summed E-state index contributed by atoms with van der Waals surface area (Å²) < 4.78 is 49.7. The number of hydrogen-bond acceptors (Lipinski definition) is 18. The molecule has 25 heteroatoms. The number of imidazole rings is 1. The van der Waals surface area contributed by atoms with Gasteiger partial charge in [0.15, 0.2) is 28.9 Å². The Bertz CT molecular complexity index is 1810. The molecule has 0 aliphatic carbocycles. The topological polar surface area (TPSA) is 283 Å². The Morgan fingerprint density at radius 1 is 1.28 bits per heavy atom. The van der Waals surface area contributed by atoms with Gasteiger partial charge in [0, 0.05) is 6.42 Å². The van der Waals surface area contributed by atoms with Gasteiger partial charge in [0.2, 0.25) is 13.2 Å². The second-order valence-corrected chi connectivity index (χ2v) is 15.4. The van der Waals surface area contributed by atoms with Crippen molar-refractivity contribution in [1.82, 2.24) is 44.5 Å². The van der Waals surface area contributed by atoms with Crippen LogP contribution in [-0.4, -0.2) is 91.2 Å². The summed E-state index contributed by atoms with van der Waals surface area (Å²) in [5, 5.41) is 31.9. The standard InChI is InChI=1S/C18H23N11O9P2S3/c19-12-14-21-2-5(28(14)23-4-22-12)7-1-6(30)17(36-7)38-40(34,42)37-11-10(31)8(3-35-39(33)41)43-16(11)29-13-9(26-27-29)15(32)25-18(20)24-13/h2,4,6-8,10-11,16-17,30-31,39H,1,3H2,(H,33,41)(H,34,42)(H2,19,22,23)(H3,20,24,25,32)/t6-,7+,8+,10+,11+,16+,17+,40?/m0/s1. The van der Waals surface area contributed by atoms with Crippen LogP contribution >= 0.6 is 50.3 Å². The molecule has 7 N–H and O–H groups in total. The Balaban J connectivity index is 1.24. The summed E-state index contributed by atoms with van der Waals surface area (Å²) in [4.78, 5) is 26.7. The Labute approximate surface area is 254 Å². The zero-order chi connectivity index (χ0) is 30.6. The lowest BCUT2D eigenvalue weighted by atomic mass is 10.1. The molecular formula is C18H23N11O9P2S3. The highest BCUT2D eigenvalue weighted by Crippen LogP contribution is 2.60. The molecule has 232 valence electrons. The Morgan fingerprint density at radius 2 is 2.07 bits per heavy atom. The highest BCUT2D eigenvalue weighted by atomic mass is 32.7. The number of H-pyrrole nitrogens is 1. The van der Waals surface area contributed by atoms with Crippen LogP contribution in [0.3, 0.4) is 0 Å². The lowest BCUT2D eigenvalue weighted by Gasteiger charge is -2.26. The van der Waals surface area contributed by atoms with Crippen molar-refractivity contribution >= 4 is 78.9 Å². The van der Waals surface area contributed by atoms with Gasteiger partial charge in [-0.1, -0.05) is 29.7 Å². The van der Waals surface area contributed by atoms with Gasteiger partial charge in [0.05, 0.1) is 29.9 Å². The van der Waals surface area contributed by atoms with Gasteiger partial charge in [-0.25, -0.2) is 23.7 Å². The molecule has 0 saturated carbocycles. The number of nitrogens with two attached hydrogens (primary N) is 2. The van der Waals surface area contributed by atoms with Crippen LogP contribution in [0.1, 0.15) is 23.6 Å². The molecule has 4 aromatic heterocycles. The molecule has 0 radical (unpaired) electrons. The third-order valence-corrected chi connectivity index (χ3v) is 10.4. The molecule has 6 rings (SSSR count). The van der Waals surface area contributed by atoms with E-state index in [2.05, 4.69) is 59.8 Å². The minimum atomic E-state index is -4.43. The maximum absolute atomic E-state index is 13.6. The summed E-state index contributed by atoms with van der Waals surface area (Å²) in [5.74, 6) is -0.0857. The van der Waals surface area contributed by atoms with E-state index in [1.54, 1.807) is 0 Å². The van der Waals surface area contributed by atoms with Gasteiger partial charge in [-0.3, -0.25) is 23.4 Å². The zero-order valence-electron chi connectivity index (χ0n) is 21.3. The molecule has 2 aliphatic heterocycles. The number of thioether (sulfide) groups is 1. The second-order valence-electron chi connectivity index (χ2n) is 9.29. The van der Waals surface area contributed by atoms with Crippen molar-refractivity contribution in [3.8, 4) is 0 Å². The van der Waals surface area contributed by atoms with E-state index in [0.717, 1.165) is 16.4 Å². The van der Waals surface area contributed by atoms with Crippen molar-refractivity contribution in [2.24, 2.45) is 0 Å². The maximum atomic E-state index is 13.6. The molecule has 9 atom stereocenters. The molecule has 0 spiro atoms. The fourth-order valence-electron chi connectivity index (χ4n) is 4.65. The van der Waals surface area contributed by atoms with Crippen molar-refractivity contribution in [1.29, 1.82) is 0 Å². The molecular weight excluding hydrogens is 672 g/mol. The van der Waals surface area contributed by atoms with E-state index in [1.807, 2.05) is 0 Å². The Kier molecular flexibility index (Phi) is 8.50. The molecule has 0 amide bonds. The number of nitrogens with one attached hydrogen (secondary N) is 1. The van der Waals surface area contributed by atoms with Crippen LogP contribution in [0.25, 0.3) is 16.8 Å². The third-order valence-electron chi connectivity index (χ3n) is 6.53. The van der Waals surface area contributed by atoms with E-state index in [-0.39, 0.29) is 41.6 Å². The van der Waals surface area contributed by atoms with Crippen LogP contribution in [0.15, 0.2) is 17.3 Å². The molecule has 6 heterocycles. The number of nitrogens with zero attached hydrogens (tertiary/aromatic N) is 8. The summed E-state index contributed by atoms with van der Waals surface area (Å²) in [6.07, 6.45) is -3.65. The lowest BCUT2D eigenvalue weighted by molar-refractivity contribution is -0.118. The second kappa shape index (κ2) is 11.9. The van der Waals surface area contributed by atoms with Crippen molar-refractivity contribution < 1.29 is 37.7 Å². The number of hydrogen-bond donors (Lipinski definition) is 7. The average Bonchev–Trinajstić information content (AvgIpc) is 3.69. The quantitative estimate of drug-likeness (QED) is 0.0875. The maximum Gasteiger partial charge on any atom is 0.388 e. The summed E-state index contributed by atoms with van der Waals surface area (Å²) in [6.45, 7) is -4.66. The van der Waals surface area contributed by atoms with Gasteiger partial charge in [-0.2, -0.15) is 10.1 Å². The number of rotatable bonds is 9. The van der Waals surface area contributed by atoms with Crippen LogP contribution in [0.4, 0.5) is 11.8 Å². The van der Waals surface area contributed by atoms with E-state index < -0.39 is 60.9 Å². The first-order chi connectivity index (χ1) is 20.4. The monoisotopic (exact) mass is 695 g/mol. The van der Waals surface area contributed by atoms with E-state index in [1.165, 1.54) is 17.0 Å². The first-order valence-electron chi connectivity index (χ1n) is 12.2. The van der Waals surface area contributed by atoms with Gasteiger partial charge in [-0.15, -0.1) is 16.9 Å². The van der Waals surface area contributed by atoms with Crippen molar-refractivity contribution in [2.45, 2.75) is 47.8 Å². The normalized spacial score (nSPS) is 29.8. The number of aromatic nitrogens is 9. The molecule has 0 bridgehead atoms. The number of ether oxygens (including phenoxy) is 1. The molecule has 2 unspecified atom stereocenters. The van der Waals surface area contributed by atoms with Gasteiger partial charge < -0.3 is 30.9 Å². The van der Waals surface area contributed by atoms with E-state index in [9.17, 15) is 24.1 Å². The van der Waals surface area contributed by atoms with Gasteiger partial charge in [-0.05, 0) is 0 Å². The highest BCUT2D eigenvalue weighted by molar-refractivity contribution is 8.44. The van der Waals surface area contributed by atoms with Crippen LogP contribution in [0, 0.1) is 0 Å². The van der Waals surface area contributed by atoms with Gasteiger partial charge in [0.25, 0.3) is 5.56 Å². The summed E-state index contributed by atoms with van der Waals surface area (Å²) in [6, 6.07) is 0. The zero-order valence-corrected chi connectivity index (χ0v) is 25.8. The average molecular weight is 696 g/mol. The largest absolute Gasteiger partial charge is 0.389 e. The fourth-order valence-corrected chi connectivity index (χ4v) is 8.51. The predicted molar refractivity (Wildman–Crippen MR) is 157 cm³/mol. The fraction of sp³-hybridized carbons (Fsp3) is 0.500.